The van der Waals surface area contributed by atoms with E-state index in [1.807, 2.05) is 73.1 Å². The smallest absolute Gasteiger partial charge is 0.160 e. The molecule has 0 bridgehead atoms. The van der Waals surface area contributed by atoms with Gasteiger partial charge in [-0.2, -0.15) is 0 Å². The van der Waals surface area contributed by atoms with Crippen LogP contribution in [0.3, 0.4) is 0 Å². The van der Waals surface area contributed by atoms with Crippen molar-refractivity contribution in [3.05, 3.63) is 389 Å². The Morgan fingerprint density at radius 3 is 0.907 bits per heavy atom. The zero-order valence-corrected chi connectivity index (χ0v) is 58.5. The lowest BCUT2D eigenvalue weighted by Gasteiger charge is -2.13. The first-order chi connectivity index (χ1) is 53.5. The van der Waals surface area contributed by atoms with Crippen LogP contribution in [-0.2, 0) is 0 Å². The summed E-state index contributed by atoms with van der Waals surface area (Å²) in [7, 11) is 0. The maximum absolute atomic E-state index is 5.17. The second-order valence-electron chi connectivity index (χ2n) is 27.0. The van der Waals surface area contributed by atoms with Crippen LogP contribution in [0.5, 0.6) is 0 Å². The highest BCUT2D eigenvalue weighted by atomic mass is 14.9. The van der Waals surface area contributed by atoms with Gasteiger partial charge in [0.25, 0.3) is 0 Å². The molecule has 504 valence electrons. The topological polar surface area (TPSA) is 103 Å². The van der Waals surface area contributed by atoms with E-state index in [1.165, 1.54) is 44.0 Å². The quantitative estimate of drug-likeness (QED) is 0.111. The Morgan fingerprint density at radius 1 is 0.148 bits per heavy atom. The highest BCUT2D eigenvalue weighted by Gasteiger charge is 2.18. The van der Waals surface area contributed by atoms with Crippen molar-refractivity contribution in [3.8, 4) is 135 Å². The van der Waals surface area contributed by atoms with Gasteiger partial charge in [-0.3, -0.25) is 9.97 Å². The molecule has 8 heteroatoms. The minimum atomic E-state index is 0.701. The van der Waals surface area contributed by atoms with Gasteiger partial charge in [-0.15, -0.1) is 0 Å². The number of hydrogen-bond donors (Lipinski definition) is 0. The molecule has 8 nitrogen and oxygen atoms in total. The Balaban J connectivity index is 0.000000147. The third kappa shape index (κ3) is 12.8. The second-order valence-corrected chi connectivity index (χ2v) is 27.0. The van der Waals surface area contributed by atoms with Gasteiger partial charge in [-0.05, 0) is 115 Å². The first kappa shape index (κ1) is 64.3. The van der Waals surface area contributed by atoms with Crippen LogP contribution in [0.4, 0.5) is 0 Å². The van der Waals surface area contributed by atoms with Gasteiger partial charge in [0.05, 0.1) is 56.2 Å². The minimum Gasteiger partial charge on any atom is -0.254 e. The highest BCUT2D eigenvalue weighted by Crippen LogP contribution is 2.40. The fraction of sp³-hybridized carbons (Fsp3) is 0. The summed E-state index contributed by atoms with van der Waals surface area (Å²) in [4.78, 5) is 39.8. The van der Waals surface area contributed by atoms with Crippen LogP contribution >= 0.6 is 0 Å². The van der Waals surface area contributed by atoms with E-state index in [9.17, 15) is 0 Å². The lowest BCUT2D eigenvalue weighted by atomic mass is 9.93. The summed E-state index contributed by atoms with van der Waals surface area (Å²) >= 11 is 0. The Hall–Kier alpha value is -14.6. The molecule has 0 aliphatic rings. The maximum atomic E-state index is 5.17. The number of aromatic nitrogens is 8. The fourth-order valence-corrected chi connectivity index (χ4v) is 14.6. The van der Waals surface area contributed by atoms with E-state index in [1.54, 1.807) is 0 Å². The third-order valence-electron chi connectivity index (χ3n) is 20.3. The van der Waals surface area contributed by atoms with E-state index < -0.39 is 0 Å². The molecule has 0 saturated heterocycles. The summed E-state index contributed by atoms with van der Waals surface area (Å²) in [6.45, 7) is 0. The first-order valence-electron chi connectivity index (χ1n) is 36.2. The summed E-state index contributed by atoms with van der Waals surface area (Å²) < 4.78 is 0. The van der Waals surface area contributed by atoms with Crippen molar-refractivity contribution in [2.75, 3.05) is 0 Å². The van der Waals surface area contributed by atoms with E-state index in [-0.39, 0.29) is 0 Å². The van der Waals surface area contributed by atoms with Crippen molar-refractivity contribution in [3.63, 3.8) is 0 Å². The maximum Gasteiger partial charge on any atom is 0.160 e. The largest absolute Gasteiger partial charge is 0.254 e. The van der Waals surface area contributed by atoms with Gasteiger partial charge in [-0.1, -0.05) is 328 Å². The molecule has 0 N–H and O–H groups in total. The molecule has 14 aromatic carbocycles. The lowest BCUT2D eigenvalue weighted by molar-refractivity contribution is 1.18. The summed E-state index contributed by atoms with van der Waals surface area (Å²) in [5.41, 5.74) is 26.8. The molecule has 108 heavy (non-hydrogen) atoms. The molecule has 0 radical (unpaired) electrons. The minimum absolute atomic E-state index is 0.701. The van der Waals surface area contributed by atoms with Crippen LogP contribution in [0.25, 0.3) is 200 Å². The van der Waals surface area contributed by atoms with Crippen molar-refractivity contribution >= 4 is 65.2 Å². The van der Waals surface area contributed by atoms with Crippen molar-refractivity contribution in [1.82, 2.24) is 39.9 Å². The van der Waals surface area contributed by atoms with Crippen molar-refractivity contribution < 1.29 is 0 Å². The van der Waals surface area contributed by atoms with E-state index in [4.69, 9.17) is 29.9 Å². The standard InChI is InChI=1S/2C50H32N4/c1-3-10-33(11-4-1)34-17-21-36(22-18-34)46-32-47(54-50(53-46)40-12-5-2-6-13-40)37-23-19-35(20-24-37)41-28-29-44(43-16-8-7-15-42(41)43)45-30-27-39-26-25-38-14-9-31-51-48(38)49(39)52-45;1-3-8-33(9-4-1)34-13-17-36(18-14-34)46-32-47(54-50(53-46)40-10-5-2-6-11-40)37-19-15-35(16-20-37)41-23-24-43-31-44(26-25-42(43)30-41)45-28-27-39-22-21-38-12-7-29-51-48(38)49(39)52-45/h2*1-32H. The average Bonchev–Trinajstić information content (AvgIpc) is 0.775. The SMILES string of the molecule is c1ccc(-c2ccc(-c3cc(-c4ccc(-c5ccc(-c6ccc7ccc8cccnc8c7n6)c6ccccc56)cc4)nc(-c4ccccc4)n3)cc2)cc1.c1ccc(-c2ccc(-c3cc(-c4ccc(-c5ccc6cc(-c7ccc8ccc9cccnc9c8n7)ccc6c5)cc4)nc(-c4ccccc4)n3)cc2)cc1. The van der Waals surface area contributed by atoms with Gasteiger partial charge in [0.15, 0.2) is 11.6 Å². The van der Waals surface area contributed by atoms with Crippen molar-refractivity contribution in [2.24, 2.45) is 0 Å². The fourth-order valence-electron chi connectivity index (χ4n) is 14.6. The number of pyridine rings is 4. The van der Waals surface area contributed by atoms with Crippen LogP contribution in [-0.4, -0.2) is 39.9 Å². The number of benzene rings is 14. The van der Waals surface area contributed by atoms with Gasteiger partial charge in [0.2, 0.25) is 0 Å². The lowest BCUT2D eigenvalue weighted by Crippen LogP contribution is -1.96. The monoisotopic (exact) mass is 1380 g/mol. The summed E-state index contributed by atoms with van der Waals surface area (Å²) in [5, 5.41) is 9.04. The van der Waals surface area contributed by atoms with Gasteiger partial charge < -0.3 is 0 Å². The predicted octanol–water partition coefficient (Wildman–Crippen LogP) is 25.5. The summed E-state index contributed by atoms with van der Waals surface area (Å²) in [6.07, 6.45) is 3.67. The van der Waals surface area contributed by atoms with E-state index >= 15 is 0 Å². The molecule has 20 rings (SSSR count). The number of fused-ring (bicyclic) bond motifs is 8. The number of rotatable bonds is 12. The van der Waals surface area contributed by atoms with Gasteiger partial charge >= 0.3 is 0 Å². The zero-order chi connectivity index (χ0) is 71.7. The van der Waals surface area contributed by atoms with Crippen LogP contribution in [0.1, 0.15) is 0 Å². The van der Waals surface area contributed by atoms with Crippen molar-refractivity contribution in [2.45, 2.75) is 0 Å². The number of nitrogens with zero attached hydrogens (tertiary/aromatic N) is 8. The van der Waals surface area contributed by atoms with E-state index in [0.29, 0.717) is 11.6 Å². The van der Waals surface area contributed by atoms with Crippen LogP contribution in [0, 0.1) is 0 Å². The molecule has 0 fully saturated rings. The highest BCUT2D eigenvalue weighted by molar-refractivity contribution is 6.08. The normalized spacial score (nSPS) is 11.3. The molecule has 0 aliphatic heterocycles. The van der Waals surface area contributed by atoms with Crippen LogP contribution in [0.15, 0.2) is 389 Å². The molecule has 6 aromatic heterocycles. The number of hydrogen-bond acceptors (Lipinski definition) is 8. The Morgan fingerprint density at radius 2 is 0.454 bits per heavy atom. The molecule has 0 aliphatic carbocycles. The molecular formula is C100H64N8. The van der Waals surface area contributed by atoms with E-state index in [0.717, 1.165) is 144 Å². The molecule has 0 amide bonds. The third-order valence-corrected chi connectivity index (χ3v) is 20.3. The Bertz CT molecular complexity index is 6740. The molecule has 20 aromatic rings. The van der Waals surface area contributed by atoms with Crippen LogP contribution in [0.2, 0.25) is 0 Å². The Labute approximate surface area is 624 Å². The molecule has 0 atom stereocenters. The molecule has 6 heterocycles. The van der Waals surface area contributed by atoms with E-state index in [2.05, 4.69) is 325 Å². The van der Waals surface area contributed by atoms with Gasteiger partial charge in [-0.25, -0.2) is 29.9 Å². The second kappa shape index (κ2) is 28.2. The Kier molecular flexibility index (Phi) is 16.8. The predicted molar refractivity (Wildman–Crippen MR) is 446 cm³/mol. The van der Waals surface area contributed by atoms with Crippen LogP contribution < -0.4 is 0 Å². The van der Waals surface area contributed by atoms with Gasteiger partial charge in [0.1, 0.15) is 0 Å². The van der Waals surface area contributed by atoms with Crippen molar-refractivity contribution in [1.29, 1.82) is 0 Å². The molecule has 0 saturated carbocycles. The summed E-state index contributed by atoms with van der Waals surface area (Å²) in [6, 6.07) is 131. The summed E-state index contributed by atoms with van der Waals surface area (Å²) in [5.74, 6) is 1.41. The molecule has 0 spiro atoms. The molecule has 0 unspecified atom stereocenters. The molecular weight excluding hydrogens is 1310 g/mol. The zero-order valence-electron chi connectivity index (χ0n) is 58.5. The first-order valence-corrected chi connectivity index (χ1v) is 36.2. The van der Waals surface area contributed by atoms with Gasteiger partial charge in [0, 0.05) is 78.4 Å². The average molecular weight is 1380 g/mol.